The Hall–Kier alpha value is -2.25. The van der Waals surface area contributed by atoms with Crippen molar-refractivity contribution in [2.24, 2.45) is 32.5 Å². The maximum atomic E-state index is 10.1. The molecular weight excluding hydrogens is 388 g/mol. The van der Waals surface area contributed by atoms with Gasteiger partial charge in [0.05, 0.1) is 11.4 Å². The lowest BCUT2D eigenvalue weighted by atomic mass is 10.0. The zero-order valence-electron chi connectivity index (χ0n) is 18.9. The summed E-state index contributed by atoms with van der Waals surface area (Å²) in [6, 6.07) is 0. The molecule has 170 valence electrons. The van der Waals surface area contributed by atoms with Crippen molar-refractivity contribution in [3.63, 3.8) is 0 Å². The van der Waals surface area contributed by atoms with Gasteiger partial charge in [-0.25, -0.2) is 9.98 Å². The van der Waals surface area contributed by atoms with Gasteiger partial charge in [0, 0.05) is 25.1 Å². The van der Waals surface area contributed by atoms with E-state index in [2.05, 4.69) is 57.7 Å². The van der Waals surface area contributed by atoms with Crippen molar-refractivity contribution < 1.29 is 5.11 Å². The molecule has 0 saturated heterocycles. The standard InChI is InChI=1S/C24H38N6O/c1-17(2)9-5-3-4-6-10-20-18-15-19(18)23(24(25)29-20)27-13-8-7-11-22(31)30-21-12-14-26-16-28-21/h6,10,14-18,21-22,27,30-31H,3-5,7-9,11-13,25H2,1-2H3/b10-6+/t18?,21?,22-/m0/s1. The van der Waals surface area contributed by atoms with E-state index in [1.165, 1.54) is 31.2 Å². The van der Waals surface area contributed by atoms with E-state index < -0.39 is 6.23 Å². The van der Waals surface area contributed by atoms with Gasteiger partial charge < -0.3 is 16.2 Å². The molecule has 0 fully saturated rings. The van der Waals surface area contributed by atoms with Gasteiger partial charge >= 0.3 is 0 Å². The minimum absolute atomic E-state index is 0.0716. The number of rotatable bonds is 14. The number of unbranched alkanes of at least 4 members (excludes halogenated alkanes) is 3. The van der Waals surface area contributed by atoms with E-state index in [1.54, 1.807) is 6.21 Å². The van der Waals surface area contributed by atoms with Gasteiger partial charge in [-0.3, -0.25) is 10.3 Å². The van der Waals surface area contributed by atoms with Crippen LogP contribution < -0.4 is 16.4 Å². The molecule has 7 heteroatoms. The molecule has 0 amide bonds. The lowest BCUT2D eigenvalue weighted by molar-refractivity contribution is 0.112. The van der Waals surface area contributed by atoms with Crippen molar-refractivity contribution in [1.82, 2.24) is 10.6 Å². The maximum Gasteiger partial charge on any atom is 0.147 e. The van der Waals surface area contributed by atoms with Gasteiger partial charge in [0.1, 0.15) is 24.6 Å². The normalized spacial score (nSPS) is 23.2. The molecular formula is C24H38N6O. The SMILES string of the molecule is CC(C)CCCC/C=C/C1=NC(N)=C(NCCCC[C@H](O)NC2CC=NC=N2)C2=CC21. The number of nitrogens with zero attached hydrogens (tertiary/aromatic N) is 3. The van der Waals surface area contributed by atoms with E-state index in [9.17, 15) is 5.11 Å². The highest BCUT2D eigenvalue weighted by Gasteiger charge is 2.36. The van der Waals surface area contributed by atoms with Gasteiger partial charge in [0.15, 0.2) is 0 Å². The lowest BCUT2D eigenvalue weighted by Crippen LogP contribution is -2.38. The first-order chi connectivity index (χ1) is 15.0. The Morgan fingerprint density at radius 1 is 1.23 bits per heavy atom. The number of fused-ring (bicyclic) bond motifs is 1. The number of hydrogen-bond acceptors (Lipinski definition) is 7. The highest BCUT2D eigenvalue weighted by molar-refractivity contribution is 6.05. The lowest BCUT2D eigenvalue weighted by Gasteiger charge is -2.19. The van der Waals surface area contributed by atoms with Gasteiger partial charge in [0.25, 0.3) is 0 Å². The predicted octanol–water partition coefficient (Wildman–Crippen LogP) is 3.39. The van der Waals surface area contributed by atoms with Crippen LogP contribution in [-0.4, -0.2) is 42.3 Å². The maximum absolute atomic E-state index is 10.1. The third-order valence-corrected chi connectivity index (χ3v) is 5.71. The Morgan fingerprint density at radius 3 is 2.84 bits per heavy atom. The van der Waals surface area contributed by atoms with Crippen molar-refractivity contribution in [3.05, 3.63) is 35.3 Å². The van der Waals surface area contributed by atoms with E-state index in [-0.39, 0.29) is 6.17 Å². The van der Waals surface area contributed by atoms with Crippen LogP contribution in [0.15, 0.2) is 50.3 Å². The van der Waals surface area contributed by atoms with Crippen LogP contribution in [0, 0.1) is 11.8 Å². The highest BCUT2D eigenvalue weighted by atomic mass is 16.3. The number of allylic oxidation sites excluding steroid dienone is 4. The minimum Gasteiger partial charge on any atom is -0.382 e. The van der Waals surface area contributed by atoms with Crippen molar-refractivity contribution in [3.8, 4) is 0 Å². The molecule has 0 aromatic carbocycles. The molecule has 2 aliphatic heterocycles. The minimum atomic E-state index is -0.549. The van der Waals surface area contributed by atoms with Crippen LogP contribution in [-0.2, 0) is 0 Å². The monoisotopic (exact) mass is 426 g/mol. The van der Waals surface area contributed by atoms with Crippen molar-refractivity contribution in [2.75, 3.05) is 6.54 Å². The summed E-state index contributed by atoms with van der Waals surface area (Å²) in [5, 5.41) is 16.6. The first kappa shape index (κ1) is 23.4. The summed E-state index contributed by atoms with van der Waals surface area (Å²) >= 11 is 0. The summed E-state index contributed by atoms with van der Waals surface area (Å²) in [6.45, 7) is 5.37. The van der Waals surface area contributed by atoms with Crippen molar-refractivity contribution in [1.29, 1.82) is 0 Å². The topological polar surface area (TPSA) is 107 Å². The summed E-state index contributed by atoms with van der Waals surface area (Å²) in [5.41, 5.74) is 9.53. The fourth-order valence-corrected chi connectivity index (χ4v) is 3.86. The molecule has 7 nitrogen and oxygen atoms in total. The number of nitrogens with two attached hydrogens (primary N) is 1. The van der Waals surface area contributed by atoms with Gasteiger partial charge in [-0.05, 0) is 49.7 Å². The van der Waals surface area contributed by atoms with Crippen LogP contribution in [0.3, 0.4) is 0 Å². The Kier molecular flexibility index (Phi) is 9.03. The summed E-state index contributed by atoms with van der Waals surface area (Å²) in [6.07, 6.45) is 17.5. The smallest absolute Gasteiger partial charge is 0.147 e. The van der Waals surface area contributed by atoms with Crippen molar-refractivity contribution in [2.45, 2.75) is 77.6 Å². The molecule has 2 heterocycles. The zero-order chi connectivity index (χ0) is 22.1. The molecule has 0 aromatic heterocycles. The van der Waals surface area contributed by atoms with E-state index in [0.717, 1.165) is 43.1 Å². The molecule has 3 rings (SSSR count). The van der Waals surface area contributed by atoms with E-state index in [0.29, 0.717) is 24.6 Å². The average Bonchev–Trinajstić information content (AvgIpc) is 3.53. The van der Waals surface area contributed by atoms with E-state index >= 15 is 0 Å². The fraction of sp³-hybridized carbons (Fsp3) is 0.625. The number of aliphatic hydroxyl groups is 1. The van der Waals surface area contributed by atoms with E-state index in [1.807, 2.05) is 0 Å². The van der Waals surface area contributed by atoms with Crippen LogP contribution in [0.2, 0.25) is 0 Å². The summed E-state index contributed by atoms with van der Waals surface area (Å²) in [7, 11) is 0. The molecule has 3 atom stereocenters. The summed E-state index contributed by atoms with van der Waals surface area (Å²) in [4.78, 5) is 12.8. The Labute approximate surface area is 186 Å². The Balaban J connectivity index is 1.32. The number of aliphatic hydroxyl groups excluding tert-OH is 1. The average molecular weight is 427 g/mol. The van der Waals surface area contributed by atoms with Gasteiger partial charge in [0.2, 0.25) is 0 Å². The van der Waals surface area contributed by atoms with Crippen molar-refractivity contribution >= 4 is 18.3 Å². The Morgan fingerprint density at radius 2 is 2.06 bits per heavy atom. The van der Waals surface area contributed by atoms with Gasteiger partial charge in [-0.1, -0.05) is 38.8 Å². The number of nitrogens with one attached hydrogen (secondary N) is 2. The van der Waals surface area contributed by atoms with Gasteiger partial charge in [-0.2, -0.15) is 0 Å². The zero-order valence-corrected chi connectivity index (χ0v) is 18.9. The third-order valence-electron chi connectivity index (χ3n) is 5.71. The van der Waals surface area contributed by atoms with Crippen LogP contribution in [0.1, 0.15) is 65.2 Å². The molecule has 0 bridgehead atoms. The van der Waals surface area contributed by atoms with Crippen LogP contribution in [0.25, 0.3) is 0 Å². The van der Waals surface area contributed by atoms with E-state index in [4.69, 9.17) is 5.73 Å². The molecule has 0 spiro atoms. The fourth-order valence-electron chi connectivity index (χ4n) is 3.86. The molecule has 0 radical (unpaired) electrons. The van der Waals surface area contributed by atoms with Crippen LogP contribution in [0.4, 0.5) is 0 Å². The molecule has 5 N–H and O–H groups in total. The predicted molar refractivity (Wildman–Crippen MR) is 129 cm³/mol. The molecule has 0 aromatic rings. The second kappa shape index (κ2) is 12.0. The molecule has 1 aliphatic carbocycles. The second-order valence-corrected chi connectivity index (χ2v) is 8.93. The second-order valence-electron chi connectivity index (χ2n) is 8.93. The number of hydrogen-bond donors (Lipinski definition) is 4. The summed E-state index contributed by atoms with van der Waals surface area (Å²) in [5.74, 6) is 1.69. The first-order valence-corrected chi connectivity index (χ1v) is 11.7. The molecule has 0 saturated carbocycles. The highest BCUT2D eigenvalue weighted by Crippen LogP contribution is 2.40. The van der Waals surface area contributed by atoms with Gasteiger partial charge in [-0.15, -0.1) is 0 Å². The van der Waals surface area contributed by atoms with Crippen LogP contribution in [0.5, 0.6) is 0 Å². The first-order valence-electron chi connectivity index (χ1n) is 11.7. The largest absolute Gasteiger partial charge is 0.382 e. The van der Waals surface area contributed by atoms with Crippen LogP contribution >= 0.6 is 0 Å². The molecule has 31 heavy (non-hydrogen) atoms. The quantitative estimate of drug-likeness (QED) is 0.252. The molecule has 3 aliphatic rings. The molecule has 2 unspecified atom stereocenters. The Bertz CT molecular complexity index is 777. The third kappa shape index (κ3) is 7.74. The summed E-state index contributed by atoms with van der Waals surface area (Å²) < 4.78 is 0. The number of aliphatic imine (C=N–C) groups is 3.